The normalized spacial score (nSPS) is 24.1. The largest absolute Gasteiger partial charge is 0.317 e. The highest BCUT2D eigenvalue weighted by molar-refractivity contribution is 4.96. The molecule has 1 saturated carbocycles. The van der Waals surface area contributed by atoms with Gasteiger partial charge in [-0.15, -0.1) is 10.2 Å². The quantitative estimate of drug-likeness (QED) is 0.840. The highest BCUT2D eigenvalue weighted by Gasteiger charge is 2.32. The summed E-state index contributed by atoms with van der Waals surface area (Å²) in [5, 5.41) is 12.0. The Morgan fingerprint density at radius 1 is 1.33 bits per heavy atom. The van der Waals surface area contributed by atoms with E-state index in [1.54, 1.807) is 0 Å². The number of rotatable bonds is 5. The van der Waals surface area contributed by atoms with Crippen LogP contribution in [0.4, 0.5) is 0 Å². The third-order valence-electron chi connectivity index (χ3n) is 4.21. The van der Waals surface area contributed by atoms with E-state index in [2.05, 4.69) is 32.0 Å². The molecule has 100 valence electrons. The monoisotopic (exact) mass is 249 g/mol. The van der Waals surface area contributed by atoms with Crippen molar-refractivity contribution in [2.75, 3.05) is 13.1 Å². The van der Waals surface area contributed by atoms with Crippen molar-refractivity contribution in [1.82, 2.24) is 25.0 Å². The van der Waals surface area contributed by atoms with Crippen LogP contribution in [-0.4, -0.2) is 44.8 Å². The van der Waals surface area contributed by atoms with Crippen LogP contribution in [0.25, 0.3) is 0 Å². The molecule has 1 atom stereocenters. The lowest BCUT2D eigenvalue weighted by Crippen LogP contribution is -2.38. The molecule has 1 aromatic heterocycles. The van der Waals surface area contributed by atoms with Gasteiger partial charge in [-0.05, 0) is 39.2 Å². The van der Waals surface area contributed by atoms with Crippen LogP contribution in [-0.2, 0) is 13.6 Å². The van der Waals surface area contributed by atoms with Gasteiger partial charge >= 0.3 is 0 Å². The van der Waals surface area contributed by atoms with Gasteiger partial charge in [0.05, 0.1) is 6.54 Å². The van der Waals surface area contributed by atoms with Crippen LogP contribution in [0.3, 0.4) is 0 Å². The second-order valence-corrected chi connectivity index (χ2v) is 5.68. The molecule has 18 heavy (non-hydrogen) atoms. The molecule has 1 unspecified atom stereocenters. The molecule has 1 aliphatic carbocycles. The van der Waals surface area contributed by atoms with Crippen molar-refractivity contribution in [3.63, 3.8) is 0 Å². The number of nitrogens with zero attached hydrogens (tertiary/aromatic N) is 4. The minimum absolute atomic E-state index is 0.680. The van der Waals surface area contributed by atoms with E-state index in [-0.39, 0.29) is 0 Å². The van der Waals surface area contributed by atoms with E-state index in [9.17, 15) is 0 Å². The van der Waals surface area contributed by atoms with Crippen molar-refractivity contribution in [1.29, 1.82) is 0 Å². The fourth-order valence-corrected chi connectivity index (χ4v) is 2.75. The van der Waals surface area contributed by atoms with Crippen molar-refractivity contribution in [3.8, 4) is 0 Å². The van der Waals surface area contributed by atoms with E-state index >= 15 is 0 Å². The summed E-state index contributed by atoms with van der Waals surface area (Å²) in [5.74, 6) is 2.09. The van der Waals surface area contributed by atoms with E-state index in [4.69, 9.17) is 0 Å². The van der Waals surface area contributed by atoms with Crippen LogP contribution in [0.5, 0.6) is 0 Å². The molecule has 5 nitrogen and oxygen atoms in total. The Bertz CT molecular complexity index is 404. The van der Waals surface area contributed by atoms with Gasteiger partial charge in [-0.2, -0.15) is 0 Å². The average molecular weight is 249 g/mol. The lowest BCUT2D eigenvalue weighted by molar-refractivity contribution is 0.223. The summed E-state index contributed by atoms with van der Waals surface area (Å²) in [7, 11) is 2.06. The smallest absolute Gasteiger partial charge is 0.146 e. The summed E-state index contributed by atoms with van der Waals surface area (Å²) < 4.78 is 2.11. The average Bonchev–Trinajstić information content (AvgIpc) is 3.01. The summed E-state index contributed by atoms with van der Waals surface area (Å²) >= 11 is 0. The zero-order valence-corrected chi connectivity index (χ0v) is 11.4. The topological polar surface area (TPSA) is 46.0 Å². The second kappa shape index (κ2) is 4.97. The molecule has 1 N–H and O–H groups in total. The third-order valence-corrected chi connectivity index (χ3v) is 4.21. The van der Waals surface area contributed by atoms with E-state index in [1.165, 1.54) is 32.2 Å². The summed E-state index contributed by atoms with van der Waals surface area (Å²) in [4.78, 5) is 2.59. The molecule has 1 aromatic rings. The maximum atomic E-state index is 4.29. The van der Waals surface area contributed by atoms with Gasteiger partial charge in [0.25, 0.3) is 0 Å². The van der Waals surface area contributed by atoms with Crippen molar-refractivity contribution in [2.45, 2.75) is 51.2 Å². The van der Waals surface area contributed by atoms with E-state index in [1.807, 2.05) is 6.92 Å². The molecule has 2 heterocycles. The summed E-state index contributed by atoms with van der Waals surface area (Å²) in [5.41, 5.74) is 0. The van der Waals surface area contributed by atoms with Crippen LogP contribution < -0.4 is 5.32 Å². The first-order valence-electron chi connectivity index (χ1n) is 7.06. The molecule has 2 aliphatic rings. The zero-order valence-electron chi connectivity index (χ0n) is 11.4. The Morgan fingerprint density at radius 3 is 2.72 bits per heavy atom. The van der Waals surface area contributed by atoms with Gasteiger partial charge in [0, 0.05) is 25.7 Å². The van der Waals surface area contributed by atoms with E-state index in [0.29, 0.717) is 6.04 Å². The Kier molecular flexibility index (Phi) is 3.35. The van der Waals surface area contributed by atoms with E-state index < -0.39 is 0 Å². The fraction of sp³-hybridized carbons (Fsp3) is 0.846. The minimum atomic E-state index is 0.680. The van der Waals surface area contributed by atoms with Gasteiger partial charge < -0.3 is 9.88 Å². The Balaban J connectivity index is 1.64. The maximum Gasteiger partial charge on any atom is 0.146 e. The number of hydrogen-bond acceptors (Lipinski definition) is 4. The van der Waals surface area contributed by atoms with Crippen LogP contribution in [0.15, 0.2) is 0 Å². The van der Waals surface area contributed by atoms with Gasteiger partial charge in [-0.1, -0.05) is 0 Å². The molecular weight excluding hydrogens is 226 g/mol. The first-order chi connectivity index (χ1) is 8.74. The molecule has 0 bridgehead atoms. The summed E-state index contributed by atoms with van der Waals surface area (Å²) in [6.07, 6.45) is 5.35. The zero-order chi connectivity index (χ0) is 12.5. The Morgan fingerprint density at radius 2 is 2.17 bits per heavy atom. The molecule has 3 rings (SSSR count). The van der Waals surface area contributed by atoms with Crippen LogP contribution >= 0.6 is 0 Å². The van der Waals surface area contributed by atoms with E-state index in [0.717, 1.165) is 30.8 Å². The van der Waals surface area contributed by atoms with Crippen molar-refractivity contribution >= 4 is 0 Å². The van der Waals surface area contributed by atoms with Gasteiger partial charge in [-0.25, -0.2) is 0 Å². The Hall–Kier alpha value is -0.940. The second-order valence-electron chi connectivity index (χ2n) is 5.68. The molecule has 0 radical (unpaired) electrons. The molecule has 0 amide bonds. The van der Waals surface area contributed by atoms with Crippen LogP contribution in [0.2, 0.25) is 0 Å². The summed E-state index contributed by atoms with van der Waals surface area (Å²) in [6, 6.07) is 1.46. The number of aryl methyl sites for hydroxylation is 1. The number of nitrogens with one attached hydrogen (secondary N) is 1. The predicted molar refractivity (Wildman–Crippen MR) is 70.2 cm³/mol. The van der Waals surface area contributed by atoms with Gasteiger partial charge in [0.1, 0.15) is 11.6 Å². The number of aromatic nitrogens is 3. The molecule has 1 aliphatic heterocycles. The molecule has 1 saturated heterocycles. The molecular formula is C13H23N5. The van der Waals surface area contributed by atoms with Crippen molar-refractivity contribution in [3.05, 3.63) is 11.6 Å². The first kappa shape index (κ1) is 12.1. The predicted octanol–water partition coefficient (Wildman–Crippen LogP) is 0.840. The highest BCUT2D eigenvalue weighted by atomic mass is 15.3. The van der Waals surface area contributed by atoms with Crippen molar-refractivity contribution in [2.24, 2.45) is 7.05 Å². The number of hydrogen-bond donors (Lipinski definition) is 1. The lowest BCUT2D eigenvalue weighted by atomic mass is 10.2. The van der Waals surface area contributed by atoms with Crippen LogP contribution in [0, 0.1) is 6.92 Å². The summed E-state index contributed by atoms with van der Waals surface area (Å²) in [6.45, 7) is 5.31. The minimum Gasteiger partial charge on any atom is -0.317 e. The lowest BCUT2D eigenvalue weighted by Gasteiger charge is -2.25. The fourth-order valence-electron chi connectivity index (χ4n) is 2.75. The molecule has 0 spiro atoms. The molecule has 2 fully saturated rings. The maximum absolute atomic E-state index is 4.29. The Labute approximate surface area is 109 Å². The third kappa shape index (κ3) is 2.57. The standard InChI is InChI=1S/C13H23N5/c1-10-15-16-13(17(10)2)9-18(12-5-6-12)8-11-4-3-7-14-11/h11-12,14H,3-9H2,1-2H3. The highest BCUT2D eigenvalue weighted by Crippen LogP contribution is 2.28. The molecule has 0 aromatic carbocycles. The van der Waals surface area contributed by atoms with Crippen LogP contribution in [0.1, 0.15) is 37.3 Å². The van der Waals surface area contributed by atoms with Gasteiger partial charge in [-0.3, -0.25) is 4.90 Å². The van der Waals surface area contributed by atoms with Gasteiger partial charge in [0.15, 0.2) is 0 Å². The van der Waals surface area contributed by atoms with Gasteiger partial charge in [0.2, 0.25) is 0 Å². The first-order valence-corrected chi connectivity index (χ1v) is 7.06. The SMILES string of the molecule is Cc1nnc(CN(CC2CCCN2)C2CC2)n1C. The molecule has 5 heteroatoms. The van der Waals surface area contributed by atoms with Crippen molar-refractivity contribution < 1.29 is 0 Å².